The average Bonchev–Trinajstić information content (AvgIpc) is 2.54. The normalized spacial score (nSPS) is 20.9. The number of nitrogens with one attached hydrogen (secondary N) is 2. The van der Waals surface area contributed by atoms with Crippen molar-refractivity contribution in [1.82, 2.24) is 15.1 Å². The lowest BCUT2D eigenvalue weighted by molar-refractivity contribution is -0.118. The minimum absolute atomic E-state index is 0.0508. The molecule has 1 aromatic rings. The van der Waals surface area contributed by atoms with Gasteiger partial charge in [-0.1, -0.05) is 12.8 Å². The van der Waals surface area contributed by atoms with Crippen molar-refractivity contribution in [3.8, 4) is 0 Å². The van der Waals surface area contributed by atoms with Gasteiger partial charge in [0, 0.05) is 13.1 Å². The number of carbonyl (C=O) groups excluding carboxylic acids is 1. The van der Waals surface area contributed by atoms with E-state index in [2.05, 4.69) is 15.7 Å². The smallest absolute Gasteiger partial charge is 0.242 e. The van der Waals surface area contributed by atoms with Gasteiger partial charge < -0.3 is 10.6 Å². The highest BCUT2D eigenvalue weighted by atomic mass is 16.2. The second kappa shape index (κ2) is 5.31. The molecular formula is C12H20N4O. The van der Waals surface area contributed by atoms with Crippen LogP contribution in [-0.2, 0) is 11.8 Å². The van der Waals surface area contributed by atoms with Gasteiger partial charge in [-0.15, -0.1) is 0 Å². The summed E-state index contributed by atoms with van der Waals surface area (Å²) in [7, 11) is 1.84. The third-order valence-electron chi connectivity index (χ3n) is 3.13. The first-order chi connectivity index (χ1) is 8.16. The van der Waals surface area contributed by atoms with Crippen LogP contribution in [0.15, 0.2) is 6.07 Å². The van der Waals surface area contributed by atoms with E-state index < -0.39 is 0 Å². The molecule has 1 fully saturated rings. The molecule has 5 heteroatoms. The van der Waals surface area contributed by atoms with E-state index in [9.17, 15) is 4.79 Å². The van der Waals surface area contributed by atoms with Gasteiger partial charge in [-0.3, -0.25) is 9.48 Å². The lowest BCUT2D eigenvalue weighted by atomic mass is 10.1. The molecule has 1 amide bonds. The quantitative estimate of drug-likeness (QED) is 0.811. The monoisotopic (exact) mass is 236 g/mol. The summed E-state index contributed by atoms with van der Waals surface area (Å²) in [6.07, 6.45) is 4.41. The number of anilines is 1. The van der Waals surface area contributed by atoms with E-state index in [1.165, 1.54) is 6.42 Å². The van der Waals surface area contributed by atoms with Crippen LogP contribution in [0.4, 0.5) is 5.82 Å². The molecule has 1 aliphatic heterocycles. The Morgan fingerprint density at radius 2 is 2.35 bits per heavy atom. The van der Waals surface area contributed by atoms with Crippen molar-refractivity contribution in [3.63, 3.8) is 0 Å². The Morgan fingerprint density at radius 3 is 3.06 bits per heavy atom. The number of aryl methyl sites for hydroxylation is 2. The Kier molecular flexibility index (Phi) is 3.78. The molecule has 1 unspecified atom stereocenters. The van der Waals surface area contributed by atoms with Crippen LogP contribution in [0.25, 0.3) is 0 Å². The minimum Gasteiger partial charge on any atom is -0.310 e. The van der Waals surface area contributed by atoms with Crippen LogP contribution >= 0.6 is 0 Å². The molecule has 0 spiro atoms. The summed E-state index contributed by atoms with van der Waals surface area (Å²) in [5.74, 6) is 0.813. The predicted molar refractivity (Wildman–Crippen MR) is 66.8 cm³/mol. The van der Waals surface area contributed by atoms with Crippen molar-refractivity contribution in [3.05, 3.63) is 11.8 Å². The zero-order chi connectivity index (χ0) is 12.3. The second-order valence-corrected chi connectivity index (χ2v) is 4.64. The van der Waals surface area contributed by atoms with Gasteiger partial charge >= 0.3 is 0 Å². The highest BCUT2D eigenvalue weighted by Gasteiger charge is 2.20. The molecule has 17 heavy (non-hydrogen) atoms. The Morgan fingerprint density at radius 1 is 1.53 bits per heavy atom. The molecule has 5 nitrogen and oxygen atoms in total. The Bertz CT molecular complexity index is 391. The molecule has 1 atom stereocenters. The first-order valence-corrected chi connectivity index (χ1v) is 6.22. The first kappa shape index (κ1) is 12.1. The van der Waals surface area contributed by atoms with Crippen LogP contribution < -0.4 is 10.6 Å². The fourth-order valence-electron chi connectivity index (χ4n) is 2.19. The van der Waals surface area contributed by atoms with Crippen LogP contribution in [0.2, 0.25) is 0 Å². The Hall–Kier alpha value is -1.36. The second-order valence-electron chi connectivity index (χ2n) is 4.64. The fourth-order valence-corrected chi connectivity index (χ4v) is 2.19. The van der Waals surface area contributed by atoms with Gasteiger partial charge in [0.2, 0.25) is 5.91 Å². The Labute approximate surface area is 102 Å². The maximum absolute atomic E-state index is 12.1. The highest BCUT2D eigenvalue weighted by Crippen LogP contribution is 2.12. The fraction of sp³-hybridized carbons (Fsp3) is 0.667. The summed E-state index contributed by atoms with van der Waals surface area (Å²) >= 11 is 0. The number of hydrogen-bond acceptors (Lipinski definition) is 3. The van der Waals surface area contributed by atoms with E-state index >= 15 is 0 Å². The molecule has 1 aromatic heterocycles. The molecule has 1 saturated heterocycles. The number of rotatable bonds is 2. The number of hydrogen-bond donors (Lipinski definition) is 2. The summed E-state index contributed by atoms with van der Waals surface area (Å²) < 4.78 is 1.70. The van der Waals surface area contributed by atoms with E-state index in [4.69, 9.17) is 0 Å². The van der Waals surface area contributed by atoms with Crippen LogP contribution in [0.3, 0.4) is 0 Å². The number of carbonyl (C=O) groups is 1. The standard InChI is InChI=1S/C12H20N4O/c1-9-8-11(16(2)15-9)14-12(17)10-6-4-3-5-7-13-10/h8,10,13H,3-7H2,1-2H3,(H,14,17). The van der Waals surface area contributed by atoms with Gasteiger partial charge in [0.1, 0.15) is 5.82 Å². The van der Waals surface area contributed by atoms with E-state index in [1.54, 1.807) is 4.68 Å². The van der Waals surface area contributed by atoms with Crippen molar-refractivity contribution >= 4 is 11.7 Å². The number of amides is 1. The van der Waals surface area contributed by atoms with Gasteiger partial charge in [-0.25, -0.2) is 0 Å². The first-order valence-electron chi connectivity index (χ1n) is 6.22. The molecule has 0 aliphatic carbocycles. The molecule has 0 saturated carbocycles. The van der Waals surface area contributed by atoms with Crippen molar-refractivity contribution < 1.29 is 4.79 Å². The molecule has 1 aliphatic rings. The molecule has 2 rings (SSSR count). The van der Waals surface area contributed by atoms with Crippen molar-refractivity contribution in [2.75, 3.05) is 11.9 Å². The third-order valence-corrected chi connectivity index (χ3v) is 3.13. The average molecular weight is 236 g/mol. The molecule has 2 heterocycles. The number of aromatic nitrogens is 2. The Balaban J connectivity index is 1.98. The van der Waals surface area contributed by atoms with Gasteiger partial charge in [-0.2, -0.15) is 5.10 Å². The van der Waals surface area contributed by atoms with Gasteiger partial charge in [0.15, 0.2) is 0 Å². The van der Waals surface area contributed by atoms with Gasteiger partial charge in [0.25, 0.3) is 0 Å². The molecule has 2 N–H and O–H groups in total. The van der Waals surface area contributed by atoms with E-state index in [0.717, 1.165) is 37.3 Å². The molecule has 94 valence electrons. The van der Waals surface area contributed by atoms with Crippen molar-refractivity contribution in [2.45, 2.75) is 38.6 Å². The summed E-state index contributed by atoms with van der Waals surface area (Å²) in [4.78, 5) is 12.1. The lowest BCUT2D eigenvalue weighted by Gasteiger charge is -2.15. The van der Waals surface area contributed by atoms with Crippen LogP contribution in [-0.4, -0.2) is 28.3 Å². The summed E-state index contributed by atoms with van der Waals surface area (Å²) in [6.45, 7) is 2.85. The maximum atomic E-state index is 12.1. The topological polar surface area (TPSA) is 59.0 Å². The zero-order valence-corrected chi connectivity index (χ0v) is 10.5. The molecule has 0 radical (unpaired) electrons. The van der Waals surface area contributed by atoms with E-state index in [-0.39, 0.29) is 11.9 Å². The SMILES string of the molecule is Cc1cc(NC(=O)C2CCCCCN2)n(C)n1. The summed E-state index contributed by atoms with van der Waals surface area (Å²) in [6, 6.07) is 1.82. The lowest BCUT2D eigenvalue weighted by Crippen LogP contribution is -2.40. The minimum atomic E-state index is -0.0623. The van der Waals surface area contributed by atoms with E-state index in [0.29, 0.717) is 0 Å². The maximum Gasteiger partial charge on any atom is 0.242 e. The van der Waals surface area contributed by atoms with Crippen molar-refractivity contribution in [1.29, 1.82) is 0 Å². The largest absolute Gasteiger partial charge is 0.310 e. The summed E-state index contributed by atoms with van der Waals surface area (Å²) in [5.41, 5.74) is 0.914. The molecule has 0 bridgehead atoms. The van der Waals surface area contributed by atoms with Crippen LogP contribution in [0, 0.1) is 6.92 Å². The van der Waals surface area contributed by atoms with Crippen LogP contribution in [0.5, 0.6) is 0 Å². The number of nitrogens with zero attached hydrogens (tertiary/aromatic N) is 2. The predicted octanol–water partition coefficient (Wildman–Crippen LogP) is 1.20. The highest BCUT2D eigenvalue weighted by molar-refractivity contribution is 5.94. The summed E-state index contributed by atoms with van der Waals surface area (Å²) in [5, 5.41) is 10.4. The molecular weight excluding hydrogens is 216 g/mol. The van der Waals surface area contributed by atoms with Crippen molar-refractivity contribution in [2.24, 2.45) is 7.05 Å². The third kappa shape index (κ3) is 3.06. The van der Waals surface area contributed by atoms with Crippen LogP contribution in [0.1, 0.15) is 31.4 Å². The van der Waals surface area contributed by atoms with Gasteiger partial charge in [0.05, 0.1) is 11.7 Å². The zero-order valence-electron chi connectivity index (χ0n) is 10.5. The molecule has 0 aromatic carbocycles. The van der Waals surface area contributed by atoms with E-state index in [1.807, 2.05) is 20.0 Å². The van der Waals surface area contributed by atoms with Gasteiger partial charge in [-0.05, 0) is 26.3 Å².